The summed E-state index contributed by atoms with van der Waals surface area (Å²) in [6.45, 7) is 5.05. The van der Waals surface area contributed by atoms with Crippen LogP contribution in [-0.4, -0.2) is 17.4 Å². The summed E-state index contributed by atoms with van der Waals surface area (Å²) >= 11 is 0. The van der Waals surface area contributed by atoms with E-state index < -0.39 is 0 Å². The van der Waals surface area contributed by atoms with Crippen molar-refractivity contribution in [2.75, 3.05) is 17.2 Å². The Bertz CT molecular complexity index is 582. The molecule has 2 rings (SSSR count). The van der Waals surface area contributed by atoms with Gasteiger partial charge in [0.1, 0.15) is 5.82 Å². The molecule has 0 aliphatic rings. The van der Waals surface area contributed by atoms with E-state index in [1.54, 1.807) is 12.3 Å². The number of hydrogen-bond donors (Lipinski definition) is 2. The standard InChI is InChI=1S/C16H19N3O/c1-3-9-17-14-8-7-13(11-12(14)2)16(20)19-15-6-4-5-10-18-15/h4-8,10-11,17H,3,9H2,1-2H3,(H,18,19,20). The highest BCUT2D eigenvalue weighted by molar-refractivity contribution is 6.04. The van der Waals surface area contributed by atoms with Crippen LogP contribution in [0.15, 0.2) is 42.6 Å². The molecular weight excluding hydrogens is 250 g/mol. The van der Waals surface area contributed by atoms with Crippen molar-refractivity contribution in [2.24, 2.45) is 0 Å². The molecule has 1 aromatic carbocycles. The number of hydrogen-bond acceptors (Lipinski definition) is 3. The lowest BCUT2D eigenvalue weighted by molar-refractivity contribution is 0.102. The van der Waals surface area contributed by atoms with Gasteiger partial charge in [-0.1, -0.05) is 13.0 Å². The molecule has 0 aliphatic heterocycles. The number of pyridine rings is 1. The van der Waals surface area contributed by atoms with Crippen molar-refractivity contribution in [1.29, 1.82) is 0 Å². The lowest BCUT2D eigenvalue weighted by Gasteiger charge is -2.10. The molecule has 104 valence electrons. The van der Waals surface area contributed by atoms with Gasteiger partial charge in [0, 0.05) is 24.0 Å². The van der Waals surface area contributed by atoms with Crippen molar-refractivity contribution in [2.45, 2.75) is 20.3 Å². The number of nitrogens with one attached hydrogen (secondary N) is 2. The number of aromatic nitrogens is 1. The molecule has 0 spiro atoms. The second-order valence-electron chi connectivity index (χ2n) is 4.63. The van der Waals surface area contributed by atoms with E-state index in [-0.39, 0.29) is 5.91 Å². The van der Waals surface area contributed by atoms with E-state index in [1.165, 1.54) is 0 Å². The SMILES string of the molecule is CCCNc1ccc(C(=O)Nc2ccccn2)cc1C. The molecule has 2 aromatic rings. The number of carbonyl (C=O) groups is 1. The number of aryl methyl sites for hydroxylation is 1. The molecule has 0 saturated heterocycles. The third-order valence-electron chi connectivity index (χ3n) is 2.96. The van der Waals surface area contributed by atoms with Crippen LogP contribution < -0.4 is 10.6 Å². The zero-order valence-corrected chi connectivity index (χ0v) is 11.8. The first-order chi connectivity index (χ1) is 9.70. The van der Waals surface area contributed by atoms with Crippen molar-refractivity contribution in [3.8, 4) is 0 Å². The van der Waals surface area contributed by atoms with Crippen LogP contribution in [0.2, 0.25) is 0 Å². The van der Waals surface area contributed by atoms with E-state index in [9.17, 15) is 4.79 Å². The molecule has 1 aromatic heterocycles. The molecule has 0 atom stereocenters. The minimum atomic E-state index is -0.145. The predicted octanol–water partition coefficient (Wildman–Crippen LogP) is 3.46. The summed E-state index contributed by atoms with van der Waals surface area (Å²) in [6, 6.07) is 11.1. The summed E-state index contributed by atoms with van der Waals surface area (Å²) in [7, 11) is 0. The molecule has 0 unspecified atom stereocenters. The Hall–Kier alpha value is -2.36. The number of nitrogens with zero attached hydrogens (tertiary/aromatic N) is 1. The van der Waals surface area contributed by atoms with E-state index >= 15 is 0 Å². The van der Waals surface area contributed by atoms with Gasteiger partial charge < -0.3 is 10.6 Å². The maximum absolute atomic E-state index is 12.1. The first-order valence-electron chi connectivity index (χ1n) is 6.77. The average Bonchev–Trinajstić information content (AvgIpc) is 2.47. The maximum Gasteiger partial charge on any atom is 0.256 e. The summed E-state index contributed by atoms with van der Waals surface area (Å²) in [6.07, 6.45) is 2.72. The van der Waals surface area contributed by atoms with E-state index in [0.717, 1.165) is 24.2 Å². The Labute approximate surface area is 119 Å². The van der Waals surface area contributed by atoms with Gasteiger partial charge in [0.25, 0.3) is 5.91 Å². The molecule has 2 N–H and O–H groups in total. The smallest absolute Gasteiger partial charge is 0.256 e. The van der Waals surface area contributed by atoms with Gasteiger partial charge in [0.05, 0.1) is 0 Å². The Kier molecular flexibility index (Phi) is 4.71. The topological polar surface area (TPSA) is 54.0 Å². The van der Waals surface area contributed by atoms with Crippen LogP contribution in [0.25, 0.3) is 0 Å². The molecular formula is C16H19N3O. The van der Waals surface area contributed by atoms with Gasteiger partial charge in [0.2, 0.25) is 0 Å². The normalized spacial score (nSPS) is 10.1. The van der Waals surface area contributed by atoms with Gasteiger partial charge in [0.15, 0.2) is 0 Å². The van der Waals surface area contributed by atoms with Crippen LogP contribution in [-0.2, 0) is 0 Å². The zero-order valence-electron chi connectivity index (χ0n) is 11.8. The zero-order chi connectivity index (χ0) is 14.4. The predicted molar refractivity (Wildman–Crippen MR) is 82.1 cm³/mol. The highest BCUT2D eigenvalue weighted by Crippen LogP contribution is 2.17. The number of benzene rings is 1. The number of rotatable bonds is 5. The molecule has 0 bridgehead atoms. The van der Waals surface area contributed by atoms with Crippen LogP contribution in [0.3, 0.4) is 0 Å². The summed E-state index contributed by atoms with van der Waals surface area (Å²) < 4.78 is 0. The second-order valence-corrected chi connectivity index (χ2v) is 4.63. The van der Waals surface area contributed by atoms with Crippen LogP contribution in [0.1, 0.15) is 29.3 Å². The lowest BCUT2D eigenvalue weighted by atomic mass is 10.1. The minimum absolute atomic E-state index is 0.145. The monoisotopic (exact) mass is 269 g/mol. The number of amides is 1. The van der Waals surface area contributed by atoms with Crippen LogP contribution in [0.4, 0.5) is 11.5 Å². The Balaban J connectivity index is 2.09. The van der Waals surface area contributed by atoms with Gasteiger partial charge in [-0.2, -0.15) is 0 Å². The van der Waals surface area contributed by atoms with Gasteiger partial charge in [-0.3, -0.25) is 4.79 Å². The van der Waals surface area contributed by atoms with Crippen LogP contribution in [0, 0.1) is 6.92 Å². The fourth-order valence-electron chi connectivity index (χ4n) is 1.89. The van der Waals surface area contributed by atoms with Gasteiger partial charge in [-0.25, -0.2) is 4.98 Å². The van der Waals surface area contributed by atoms with Crippen molar-refractivity contribution in [3.05, 3.63) is 53.7 Å². The average molecular weight is 269 g/mol. The summed E-state index contributed by atoms with van der Waals surface area (Å²) in [5, 5.41) is 6.11. The Morgan fingerprint density at radius 3 is 2.75 bits per heavy atom. The van der Waals surface area contributed by atoms with Crippen molar-refractivity contribution in [3.63, 3.8) is 0 Å². The molecule has 0 aliphatic carbocycles. The van der Waals surface area contributed by atoms with E-state index in [1.807, 2.05) is 37.3 Å². The minimum Gasteiger partial charge on any atom is -0.385 e. The summed E-state index contributed by atoms with van der Waals surface area (Å²) in [5.74, 6) is 0.414. The number of carbonyl (C=O) groups excluding carboxylic acids is 1. The van der Waals surface area contributed by atoms with E-state index in [0.29, 0.717) is 11.4 Å². The third-order valence-corrected chi connectivity index (χ3v) is 2.96. The molecule has 20 heavy (non-hydrogen) atoms. The molecule has 0 fully saturated rings. The first-order valence-corrected chi connectivity index (χ1v) is 6.77. The van der Waals surface area contributed by atoms with Gasteiger partial charge >= 0.3 is 0 Å². The lowest BCUT2D eigenvalue weighted by Crippen LogP contribution is -2.13. The quantitative estimate of drug-likeness (QED) is 0.874. The fraction of sp³-hybridized carbons (Fsp3) is 0.250. The molecule has 4 nitrogen and oxygen atoms in total. The summed E-state index contributed by atoms with van der Waals surface area (Å²) in [5.41, 5.74) is 2.77. The summed E-state index contributed by atoms with van der Waals surface area (Å²) in [4.78, 5) is 16.2. The van der Waals surface area contributed by atoms with Crippen molar-refractivity contribution >= 4 is 17.4 Å². The van der Waals surface area contributed by atoms with E-state index in [4.69, 9.17) is 0 Å². The van der Waals surface area contributed by atoms with E-state index in [2.05, 4.69) is 22.5 Å². The molecule has 4 heteroatoms. The van der Waals surface area contributed by atoms with Crippen LogP contribution in [0.5, 0.6) is 0 Å². The highest BCUT2D eigenvalue weighted by atomic mass is 16.1. The highest BCUT2D eigenvalue weighted by Gasteiger charge is 2.08. The molecule has 1 amide bonds. The molecule has 0 saturated carbocycles. The van der Waals surface area contributed by atoms with Crippen molar-refractivity contribution in [1.82, 2.24) is 4.98 Å². The third kappa shape index (κ3) is 3.57. The molecule has 1 heterocycles. The second kappa shape index (κ2) is 6.70. The molecule has 0 radical (unpaired) electrons. The maximum atomic E-state index is 12.1. The van der Waals surface area contributed by atoms with Gasteiger partial charge in [-0.15, -0.1) is 0 Å². The Morgan fingerprint density at radius 1 is 1.25 bits per heavy atom. The fourth-order valence-corrected chi connectivity index (χ4v) is 1.89. The largest absolute Gasteiger partial charge is 0.385 e. The first kappa shape index (κ1) is 14.1. The Morgan fingerprint density at radius 2 is 2.10 bits per heavy atom. The van der Waals surface area contributed by atoms with Crippen molar-refractivity contribution < 1.29 is 4.79 Å². The van der Waals surface area contributed by atoms with Crippen LogP contribution >= 0.6 is 0 Å². The number of anilines is 2. The van der Waals surface area contributed by atoms with Gasteiger partial charge in [-0.05, 0) is 49.2 Å².